The van der Waals surface area contributed by atoms with Crippen LogP contribution in [0.25, 0.3) is 0 Å². The Kier molecular flexibility index (Phi) is 2.76. The molecule has 0 heterocycles. The van der Waals surface area contributed by atoms with Gasteiger partial charge in [-0.15, -0.1) is 4.91 Å². The van der Waals surface area contributed by atoms with Crippen LogP contribution in [0.1, 0.15) is 31.8 Å². The maximum absolute atomic E-state index is 12.3. The Morgan fingerprint density at radius 1 is 0.789 bits per heavy atom. The lowest BCUT2D eigenvalue weighted by molar-refractivity contribution is 0.0979. The third kappa shape index (κ3) is 1.79. The third-order valence-corrected chi connectivity index (χ3v) is 3.58. The smallest absolute Gasteiger partial charge is 0.194 e. The van der Waals surface area contributed by atoms with E-state index in [0.717, 1.165) is 11.9 Å². The lowest BCUT2D eigenvalue weighted by Gasteiger charge is -2.17. The monoisotopic (exact) mass is 269 g/mol. The standard InChI is InChI=1S/C14H7NO3S/c16-13-9-3-1-2-4-10(9)14(17)12-7-8(19-15-18)5-6-11(12)13/h1-7H. The van der Waals surface area contributed by atoms with Gasteiger partial charge in [-0.1, -0.05) is 24.3 Å². The minimum absolute atomic E-state index is 0.166. The Balaban J connectivity index is 2.21. The Labute approximate surface area is 112 Å². The zero-order chi connectivity index (χ0) is 13.4. The summed E-state index contributed by atoms with van der Waals surface area (Å²) in [5.74, 6) is -0.362. The molecule has 0 N–H and O–H groups in total. The number of hydrogen-bond acceptors (Lipinski definition) is 5. The average Bonchev–Trinajstić information content (AvgIpc) is 2.45. The zero-order valence-electron chi connectivity index (χ0n) is 9.62. The average molecular weight is 269 g/mol. The number of benzene rings is 2. The first-order valence-electron chi connectivity index (χ1n) is 5.54. The molecule has 0 fully saturated rings. The quantitative estimate of drug-likeness (QED) is 0.529. The second kappa shape index (κ2) is 4.44. The molecule has 0 aliphatic heterocycles. The molecule has 4 nitrogen and oxygen atoms in total. The van der Waals surface area contributed by atoms with Crippen molar-refractivity contribution in [3.8, 4) is 0 Å². The molecule has 0 saturated carbocycles. The number of carbonyl (C=O) groups is 2. The van der Waals surface area contributed by atoms with E-state index in [9.17, 15) is 14.5 Å². The van der Waals surface area contributed by atoms with Crippen molar-refractivity contribution in [2.75, 3.05) is 0 Å². The Morgan fingerprint density at radius 3 is 2.00 bits per heavy atom. The van der Waals surface area contributed by atoms with Crippen molar-refractivity contribution < 1.29 is 9.59 Å². The molecule has 3 rings (SSSR count). The molecule has 0 amide bonds. The normalized spacial score (nSPS) is 12.8. The summed E-state index contributed by atoms with van der Waals surface area (Å²) in [6, 6.07) is 11.5. The summed E-state index contributed by atoms with van der Waals surface area (Å²) in [7, 11) is 0. The molecular formula is C14H7NO3S. The van der Waals surface area contributed by atoms with E-state index in [0.29, 0.717) is 27.1 Å². The number of hydrogen-bond donors (Lipinski definition) is 0. The number of nitroso groups, excluding NO2 is 1. The van der Waals surface area contributed by atoms with Crippen LogP contribution in [0.5, 0.6) is 0 Å². The van der Waals surface area contributed by atoms with Gasteiger partial charge in [0, 0.05) is 31.7 Å². The zero-order valence-corrected chi connectivity index (χ0v) is 10.4. The molecule has 2 aromatic rings. The predicted molar refractivity (Wildman–Crippen MR) is 71.4 cm³/mol. The molecule has 0 spiro atoms. The van der Waals surface area contributed by atoms with E-state index in [1.54, 1.807) is 36.4 Å². The van der Waals surface area contributed by atoms with Crippen LogP contribution in [-0.4, -0.2) is 11.6 Å². The topological polar surface area (TPSA) is 63.6 Å². The van der Waals surface area contributed by atoms with Crippen LogP contribution in [0.3, 0.4) is 0 Å². The van der Waals surface area contributed by atoms with Gasteiger partial charge in [0.15, 0.2) is 11.6 Å². The summed E-state index contributed by atoms with van der Waals surface area (Å²) in [5, 5.41) is 0. The molecule has 5 heteroatoms. The van der Waals surface area contributed by atoms with E-state index in [-0.39, 0.29) is 11.6 Å². The van der Waals surface area contributed by atoms with Crippen molar-refractivity contribution in [2.45, 2.75) is 4.90 Å². The fraction of sp³-hybridized carbons (Fsp3) is 0. The van der Waals surface area contributed by atoms with Crippen molar-refractivity contribution in [1.29, 1.82) is 0 Å². The molecule has 0 aromatic heterocycles. The Bertz CT molecular complexity index is 724. The van der Waals surface area contributed by atoms with Crippen LogP contribution >= 0.6 is 11.9 Å². The first kappa shape index (κ1) is 11.8. The van der Waals surface area contributed by atoms with E-state index >= 15 is 0 Å². The maximum Gasteiger partial charge on any atom is 0.194 e. The number of carbonyl (C=O) groups excluding carboxylic acids is 2. The van der Waals surface area contributed by atoms with Crippen LogP contribution in [0.15, 0.2) is 51.9 Å². The number of rotatable bonds is 2. The van der Waals surface area contributed by atoms with Crippen molar-refractivity contribution >= 4 is 23.5 Å². The van der Waals surface area contributed by atoms with Gasteiger partial charge >= 0.3 is 0 Å². The van der Waals surface area contributed by atoms with Gasteiger partial charge in [-0.3, -0.25) is 9.59 Å². The maximum atomic E-state index is 12.3. The second-order valence-electron chi connectivity index (χ2n) is 4.08. The van der Waals surface area contributed by atoms with Crippen molar-refractivity contribution in [1.82, 2.24) is 0 Å². The number of nitrogens with zero attached hydrogens (tertiary/aromatic N) is 1. The molecule has 19 heavy (non-hydrogen) atoms. The van der Waals surface area contributed by atoms with Crippen LogP contribution in [0.2, 0.25) is 0 Å². The van der Waals surface area contributed by atoms with Gasteiger partial charge in [-0.2, -0.15) is 0 Å². The Hall–Kier alpha value is -2.27. The van der Waals surface area contributed by atoms with Gasteiger partial charge < -0.3 is 0 Å². The highest BCUT2D eigenvalue weighted by Gasteiger charge is 2.29. The van der Waals surface area contributed by atoms with Crippen molar-refractivity contribution in [3.63, 3.8) is 0 Å². The molecule has 0 bridgehead atoms. The molecule has 0 saturated heterocycles. The molecule has 1 aliphatic rings. The van der Waals surface area contributed by atoms with Crippen LogP contribution < -0.4 is 0 Å². The summed E-state index contributed by atoms with van der Waals surface area (Å²) < 4.78 is 2.71. The molecule has 1 aliphatic carbocycles. The summed E-state index contributed by atoms with van der Waals surface area (Å²) in [5.41, 5.74) is 1.53. The molecule has 0 radical (unpaired) electrons. The highest BCUT2D eigenvalue weighted by molar-refractivity contribution is 7.98. The Morgan fingerprint density at radius 2 is 1.37 bits per heavy atom. The minimum atomic E-state index is -0.196. The highest BCUT2D eigenvalue weighted by atomic mass is 32.2. The third-order valence-electron chi connectivity index (χ3n) is 3.04. The minimum Gasteiger partial charge on any atom is -0.289 e. The SMILES string of the molecule is O=NSc1ccc2c(c1)C(=O)c1ccccc1C2=O. The number of ketones is 2. The highest BCUT2D eigenvalue weighted by Crippen LogP contribution is 2.30. The molecular weight excluding hydrogens is 262 g/mol. The summed E-state index contributed by atoms with van der Waals surface area (Å²) in [6.07, 6.45) is 0. The largest absolute Gasteiger partial charge is 0.289 e. The first-order valence-corrected chi connectivity index (χ1v) is 6.32. The predicted octanol–water partition coefficient (Wildman–Crippen LogP) is 3.24. The van der Waals surface area contributed by atoms with Gasteiger partial charge in [0.2, 0.25) is 0 Å². The summed E-state index contributed by atoms with van der Waals surface area (Å²) in [6.45, 7) is 0. The van der Waals surface area contributed by atoms with Crippen molar-refractivity contribution in [3.05, 3.63) is 69.6 Å². The second-order valence-corrected chi connectivity index (χ2v) is 4.88. The van der Waals surface area contributed by atoms with E-state index in [2.05, 4.69) is 4.58 Å². The fourth-order valence-electron chi connectivity index (χ4n) is 2.18. The van der Waals surface area contributed by atoms with Gasteiger partial charge in [-0.25, -0.2) is 0 Å². The van der Waals surface area contributed by atoms with E-state index in [4.69, 9.17) is 0 Å². The van der Waals surface area contributed by atoms with Crippen LogP contribution in [0, 0.1) is 4.91 Å². The fourth-order valence-corrected chi connectivity index (χ4v) is 2.56. The molecule has 2 aromatic carbocycles. The van der Waals surface area contributed by atoms with Gasteiger partial charge in [-0.05, 0) is 18.2 Å². The summed E-state index contributed by atoms with van der Waals surface area (Å²) >= 11 is 0.739. The lowest BCUT2D eigenvalue weighted by atomic mass is 9.84. The molecule has 0 atom stereocenters. The van der Waals surface area contributed by atoms with E-state index < -0.39 is 0 Å². The van der Waals surface area contributed by atoms with Crippen molar-refractivity contribution in [2.24, 2.45) is 4.58 Å². The first-order chi connectivity index (χ1) is 9.22. The van der Waals surface area contributed by atoms with Gasteiger partial charge in [0.05, 0.1) is 11.9 Å². The molecule has 0 unspecified atom stereocenters. The summed E-state index contributed by atoms with van der Waals surface area (Å²) in [4.78, 5) is 35.4. The van der Waals surface area contributed by atoms with Gasteiger partial charge in [0.25, 0.3) is 0 Å². The number of fused-ring (bicyclic) bond motifs is 2. The van der Waals surface area contributed by atoms with Gasteiger partial charge in [0.1, 0.15) is 0 Å². The lowest BCUT2D eigenvalue weighted by Crippen LogP contribution is -2.20. The molecule has 92 valence electrons. The van der Waals surface area contributed by atoms with Crippen LogP contribution in [-0.2, 0) is 0 Å². The van der Waals surface area contributed by atoms with Crippen LogP contribution in [0.4, 0.5) is 0 Å². The van der Waals surface area contributed by atoms with E-state index in [1.165, 1.54) is 6.07 Å². The van der Waals surface area contributed by atoms with E-state index in [1.807, 2.05) is 0 Å².